The zero-order valence-electron chi connectivity index (χ0n) is 14.2. The fourth-order valence-corrected chi connectivity index (χ4v) is 3.08. The van der Waals surface area contributed by atoms with Crippen LogP contribution in [0.2, 0.25) is 5.02 Å². The lowest BCUT2D eigenvalue weighted by molar-refractivity contribution is -0.116. The normalized spacial score (nSPS) is 15.4. The lowest BCUT2D eigenvalue weighted by Gasteiger charge is -2.31. The second kappa shape index (κ2) is 8.76. The van der Waals surface area contributed by atoms with Gasteiger partial charge in [-0.1, -0.05) is 29.8 Å². The lowest BCUT2D eigenvalue weighted by atomic mass is 9.97. The molecule has 2 heterocycles. The van der Waals surface area contributed by atoms with Crippen molar-refractivity contribution < 1.29 is 9.18 Å². The number of carbonyl (C=O) groups is 1. The zero-order chi connectivity index (χ0) is 18.4. The number of nitrogens with zero attached hydrogens (tertiary/aromatic N) is 3. The summed E-state index contributed by atoms with van der Waals surface area (Å²) in [7, 11) is 0. The van der Waals surface area contributed by atoms with E-state index in [9.17, 15) is 9.18 Å². The summed E-state index contributed by atoms with van der Waals surface area (Å²) in [4.78, 5) is 22.0. The van der Waals surface area contributed by atoms with Gasteiger partial charge in [0, 0.05) is 30.7 Å². The zero-order valence-corrected chi connectivity index (χ0v) is 15.0. The van der Waals surface area contributed by atoms with Gasteiger partial charge in [-0.05, 0) is 36.5 Å². The van der Waals surface area contributed by atoms with Crippen LogP contribution < -0.4 is 10.2 Å². The maximum atomic E-state index is 12.9. The molecule has 0 radical (unpaired) electrons. The van der Waals surface area contributed by atoms with Crippen LogP contribution in [-0.2, 0) is 4.79 Å². The Morgan fingerprint density at radius 2 is 1.96 bits per heavy atom. The van der Waals surface area contributed by atoms with Crippen molar-refractivity contribution in [3.05, 3.63) is 59.1 Å². The number of nitrogens with one attached hydrogen (secondary N) is 1. The molecule has 26 heavy (non-hydrogen) atoms. The number of amides is 1. The Labute approximate surface area is 156 Å². The molecule has 1 N–H and O–H groups in total. The highest BCUT2D eigenvalue weighted by Crippen LogP contribution is 2.20. The summed E-state index contributed by atoms with van der Waals surface area (Å²) >= 11 is 6.06. The molecule has 0 spiro atoms. The second-order valence-electron chi connectivity index (χ2n) is 6.23. The monoisotopic (exact) mass is 374 g/mol. The van der Waals surface area contributed by atoms with E-state index >= 15 is 0 Å². The SMILES string of the molecule is O=C(C=Cc1ccccc1Cl)NCC1CCN(c2ncc(F)cn2)CC1. The van der Waals surface area contributed by atoms with E-state index in [2.05, 4.69) is 15.3 Å². The topological polar surface area (TPSA) is 58.1 Å². The molecule has 1 aromatic carbocycles. The molecule has 1 aromatic heterocycles. The number of rotatable bonds is 5. The smallest absolute Gasteiger partial charge is 0.244 e. The van der Waals surface area contributed by atoms with Crippen LogP contribution in [0.4, 0.5) is 10.3 Å². The van der Waals surface area contributed by atoms with Crippen LogP contribution >= 0.6 is 11.6 Å². The molecule has 1 amide bonds. The quantitative estimate of drug-likeness (QED) is 0.816. The number of hydrogen-bond acceptors (Lipinski definition) is 4. The maximum absolute atomic E-state index is 12.9. The van der Waals surface area contributed by atoms with Crippen molar-refractivity contribution >= 4 is 29.5 Å². The average molecular weight is 375 g/mol. The molecule has 0 unspecified atom stereocenters. The third kappa shape index (κ3) is 5.02. The third-order valence-corrected chi connectivity index (χ3v) is 4.73. The van der Waals surface area contributed by atoms with Crippen molar-refractivity contribution in [2.45, 2.75) is 12.8 Å². The predicted octanol–water partition coefficient (Wildman–Crippen LogP) is 3.32. The van der Waals surface area contributed by atoms with Gasteiger partial charge < -0.3 is 10.2 Å². The molecule has 0 aliphatic carbocycles. The Kier molecular flexibility index (Phi) is 6.17. The van der Waals surface area contributed by atoms with Gasteiger partial charge in [-0.15, -0.1) is 0 Å². The maximum Gasteiger partial charge on any atom is 0.244 e. The summed E-state index contributed by atoms with van der Waals surface area (Å²) in [5.74, 6) is 0.395. The fourth-order valence-electron chi connectivity index (χ4n) is 2.89. The van der Waals surface area contributed by atoms with E-state index in [1.165, 1.54) is 18.5 Å². The fraction of sp³-hybridized carbons (Fsp3) is 0.316. The van der Waals surface area contributed by atoms with E-state index in [1.54, 1.807) is 12.1 Å². The Balaban J connectivity index is 1.43. The Hall–Kier alpha value is -2.47. The molecule has 2 aromatic rings. The van der Waals surface area contributed by atoms with Crippen LogP contribution in [-0.4, -0.2) is 35.5 Å². The number of halogens is 2. The molecule has 1 aliphatic rings. The molecule has 0 atom stereocenters. The van der Waals surface area contributed by atoms with Crippen LogP contribution in [0, 0.1) is 11.7 Å². The van der Waals surface area contributed by atoms with Gasteiger partial charge in [-0.2, -0.15) is 0 Å². The molecule has 0 saturated carbocycles. The number of anilines is 1. The van der Waals surface area contributed by atoms with Crippen LogP contribution in [0.25, 0.3) is 6.08 Å². The van der Waals surface area contributed by atoms with Gasteiger partial charge >= 0.3 is 0 Å². The highest BCUT2D eigenvalue weighted by atomic mass is 35.5. The molecule has 1 aliphatic heterocycles. The minimum absolute atomic E-state index is 0.130. The van der Waals surface area contributed by atoms with Gasteiger partial charge in [0.25, 0.3) is 0 Å². The molecule has 7 heteroatoms. The van der Waals surface area contributed by atoms with E-state index in [0.29, 0.717) is 23.4 Å². The summed E-state index contributed by atoms with van der Waals surface area (Å²) in [5.41, 5.74) is 0.817. The van der Waals surface area contributed by atoms with Crippen LogP contribution in [0.5, 0.6) is 0 Å². The standard InChI is InChI=1S/C19H20ClFN4O/c20-17-4-2-1-3-15(17)5-6-18(26)22-11-14-7-9-25(10-8-14)19-23-12-16(21)13-24-19/h1-6,12-14H,7-11H2,(H,22,26). The van der Waals surface area contributed by atoms with Crippen LogP contribution in [0.3, 0.4) is 0 Å². The van der Waals surface area contributed by atoms with Crippen molar-refractivity contribution in [2.75, 3.05) is 24.5 Å². The van der Waals surface area contributed by atoms with Gasteiger partial charge in [0.2, 0.25) is 11.9 Å². The number of hydrogen-bond donors (Lipinski definition) is 1. The molecule has 0 bridgehead atoms. The number of benzene rings is 1. The molecule has 136 valence electrons. The van der Waals surface area contributed by atoms with Gasteiger partial charge in [0.05, 0.1) is 12.4 Å². The summed E-state index contributed by atoms with van der Waals surface area (Å²) in [6.07, 6.45) is 7.43. The van der Waals surface area contributed by atoms with E-state index in [4.69, 9.17) is 11.6 Å². The van der Waals surface area contributed by atoms with Crippen LogP contribution in [0.15, 0.2) is 42.7 Å². The van der Waals surface area contributed by atoms with Crippen molar-refractivity contribution in [1.82, 2.24) is 15.3 Å². The number of carbonyl (C=O) groups excluding carboxylic acids is 1. The van der Waals surface area contributed by atoms with Gasteiger partial charge in [0.1, 0.15) is 0 Å². The van der Waals surface area contributed by atoms with Crippen molar-refractivity contribution in [3.8, 4) is 0 Å². The van der Waals surface area contributed by atoms with E-state index in [0.717, 1.165) is 31.5 Å². The summed E-state index contributed by atoms with van der Waals surface area (Å²) in [6, 6.07) is 7.38. The second-order valence-corrected chi connectivity index (χ2v) is 6.64. The van der Waals surface area contributed by atoms with E-state index in [-0.39, 0.29) is 5.91 Å². The van der Waals surface area contributed by atoms with Crippen molar-refractivity contribution in [3.63, 3.8) is 0 Å². The molecule has 3 rings (SSSR count). The Morgan fingerprint density at radius 1 is 1.27 bits per heavy atom. The van der Waals surface area contributed by atoms with Gasteiger partial charge in [-0.3, -0.25) is 4.79 Å². The summed E-state index contributed by atoms with van der Waals surface area (Å²) < 4.78 is 12.9. The molecular formula is C19H20ClFN4O. The minimum Gasteiger partial charge on any atom is -0.352 e. The minimum atomic E-state index is -0.434. The average Bonchev–Trinajstić information content (AvgIpc) is 2.67. The van der Waals surface area contributed by atoms with Crippen molar-refractivity contribution in [2.24, 2.45) is 5.92 Å². The largest absolute Gasteiger partial charge is 0.352 e. The molecule has 1 fully saturated rings. The Morgan fingerprint density at radius 3 is 2.65 bits per heavy atom. The first-order valence-corrected chi connectivity index (χ1v) is 8.92. The molecule has 5 nitrogen and oxygen atoms in total. The highest BCUT2D eigenvalue weighted by Gasteiger charge is 2.21. The Bertz CT molecular complexity index is 773. The third-order valence-electron chi connectivity index (χ3n) is 4.39. The number of piperidine rings is 1. The lowest BCUT2D eigenvalue weighted by Crippen LogP contribution is -2.39. The van der Waals surface area contributed by atoms with E-state index in [1.807, 2.05) is 23.1 Å². The van der Waals surface area contributed by atoms with Gasteiger partial charge in [-0.25, -0.2) is 14.4 Å². The van der Waals surface area contributed by atoms with Crippen molar-refractivity contribution in [1.29, 1.82) is 0 Å². The number of aromatic nitrogens is 2. The molecular weight excluding hydrogens is 355 g/mol. The first-order chi connectivity index (χ1) is 12.6. The predicted molar refractivity (Wildman–Crippen MR) is 100 cm³/mol. The van der Waals surface area contributed by atoms with Crippen LogP contribution in [0.1, 0.15) is 18.4 Å². The first-order valence-electron chi connectivity index (χ1n) is 8.55. The van der Waals surface area contributed by atoms with E-state index < -0.39 is 5.82 Å². The highest BCUT2D eigenvalue weighted by molar-refractivity contribution is 6.32. The molecule has 1 saturated heterocycles. The first kappa shape index (κ1) is 18.3. The van der Waals surface area contributed by atoms with Gasteiger partial charge in [0.15, 0.2) is 5.82 Å². The summed E-state index contributed by atoms with van der Waals surface area (Å²) in [6.45, 7) is 2.22. The summed E-state index contributed by atoms with van der Waals surface area (Å²) in [5, 5.41) is 3.55.